The minimum absolute atomic E-state index is 0.0133. The number of benzene rings is 1. The second-order valence-electron chi connectivity index (χ2n) is 5.46. The largest absolute Gasteiger partial charge is 0.493 e. The summed E-state index contributed by atoms with van der Waals surface area (Å²) in [6.45, 7) is 8.42. The van der Waals surface area contributed by atoms with Crippen LogP contribution in [-0.2, 0) is 0 Å². The molecule has 0 aliphatic rings. The number of aliphatic hydroxyl groups excluding tert-OH is 1. The Kier molecular flexibility index (Phi) is 5.63. The summed E-state index contributed by atoms with van der Waals surface area (Å²) >= 11 is 0. The average molecular weight is 267 g/mol. The summed E-state index contributed by atoms with van der Waals surface area (Å²) in [5, 5.41) is 12.8. The van der Waals surface area contributed by atoms with E-state index in [1.54, 1.807) is 7.11 Å². The van der Waals surface area contributed by atoms with Gasteiger partial charge in [0.05, 0.1) is 19.3 Å². The third-order valence-corrected chi connectivity index (χ3v) is 2.85. The Labute approximate surface area is 115 Å². The van der Waals surface area contributed by atoms with Crippen LogP contribution in [0.1, 0.15) is 26.3 Å². The van der Waals surface area contributed by atoms with Crippen molar-refractivity contribution in [2.24, 2.45) is 0 Å². The number of aryl methyl sites for hydroxylation is 1. The molecule has 2 N–H and O–H groups in total. The molecule has 0 radical (unpaired) electrons. The number of rotatable bonds is 7. The van der Waals surface area contributed by atoms with E-state index in [1.165, 1.54) is 0 Å². The van der Waals surface area contributed by atoms with E-state index in [-0.39, 0.29) is 12.6 Å². The van der Waals surface area contributed by atoms with Crippen molar-refractivity contribution in [2.75, 3.05) is 20.3 Å². The molecular formula is C15H25NO3. The number of nitrogens with one attached hydrogen (secondary N) is 1. The van der Waals surface area contributed by atoms with Crippen LogP contribution in [-0.4, -0.2) is 37.0 Å². The summed E-state index contributed by atoms with van der Waals surface area (Å²) in [7, 11) is 1.62. The molecule has 0 aromatic heterocycles. The lowest BCUT2D eigenvalue weighted by atomic mass is 10.0. The lowest BCUT2D eigenvalue weighted by Crippen LogP contribution is -2.53. The van der Waals surface area contributed by atoms with Crippen LogP contribution in [0.5, 0.6) is 11.5 Å². The second-order valence-corrected chi connectivity index (χ2v) is 5.46. The Morgan fingerprint density at radius 1 is 1.32 bits per heavy atom. The minimum atomic E-state index is -0.468. The summed E-state index contributed by atoms with van der Waals surface area (Å²) in [5.41, 5.74) is 0.652. The van der Waals surface area contributed by atoms with Crippen LogP contribution in [0.2, 0.25) is 0 Å². The van der Waals surface area contributed by atoms with Crippen LogP contribution < -0.4 is 14.8 Å². The van der Waals surface area contributed by atoms with Gasteiger partial charge in [-0.05, 0) is 31.5 Å². The summed E-state index contributed by atoms with van der Waals surface area (Å²) < 4.78 is 11.1. The van der Waals surface area contributed by atoms with Crippen LogP contribution in [0.25, 0.3) is 0 Å². The highest BCUT2D eigenvalue weighted by atomic mass is 16.5. The lowest BCUT2D eigenvalue weighted by molar-refractivity contribution is 0.107. The highest BCUT2D eigenvalue weighted by molar-refractivity contribution is 5.42. The molecule has 0 aliphatic carbocycles. The van der Waals surface area contributed by atoms with Gasteiger partial charge in [0, 0.05) is 6.04 Å². The Morgan fingerprint density at radius 3 is 2.53 bits per heavy atom. The maximum Gasteiger partial charge on any atom is 0.161 e. The van der Waals surface area contributed by atoms with Gasteiger partial charge in [-0.15, -0.1) is 0 Å². The zero-order valence-corrected chi connectivity index (χ0v) is 12.5. The normalized spacial score (nSPS) is 14.3. The Balaban J connectivity index is 2.74. The number of ether oxygens (including phenoxy) is 2. The van der Waals surface area contributed by atoms with Gasteiger partial charge in [0.1, 0.15) is 6.61 Å². The number of aliphatic hydroxyl groups is 1. The van der Waals surface area contributed by atoms with E-state index in [1.807, 2.05) is 45.9 Å². The van der Waals surface area contributed by atoms with E-state index in [9.17, 15) is 5.11 Å². The molecule has 0 amide bonds. The first-order valence-corrected chi connectivity index (χ1v) is 6.56. The fourth-order valence-corrected chi connectivity index (χ4v) is 1.96. The van der Waals surface area contributed by atoms with Gasteiger partial charge in [0.15, 0.2) is 11.5 Å². The molecule has 1 unspecified atom stereocenters. The molecule has 1 atom stereocenters. The van der Waals surface area contributed by atoms with Crippen LogP contribution in [0.3, 0.4) is 0 Å². The van der Waals surface area contributed by atoms with Gasteiger partial charge in [0.25, 0.3) is 0 Å². The zero-order valence-electron chi connectivity index (χ0n) is 12.5. The number of hydrogen-bond donors (Lipinski definition) is 2. The van der Waals surface area contributed by atoms with Gasteiger partial charge in [-0.2, -0.15) is 0 Å². The van der Waals surface area contributed by atoms with Gasteiger partial charge >= 0.3 is 0 Å². The molecule has 0 saturated carbocycles. The molecule has 0 spiro atoms. The molecule has 108 valence electrons. The third kappa shape index (κ3) is 4.73. The minimum Gasteiger partial charge on any atom is -0.493 e. The van der Waals surface area contributed by atoms with Gasteiger partial charge < -0.3 is 19.9 Å². The van der Waals surface area contributed by atoms with Crippen LogP contribution in [0.4, 0.5) is 0 Å². The molecule has 1 rings (SSSR count). The molecule has 0 heterocycles. The Morgan fingerprint density at radius 2 is 2.00 bits per heavy atom. The van der Waals surface area contributed by atoms with E-state index in [0.29, 0.717) is 18.1 Å². The summed E-state index contributed by atoms with van der Waals surface area (Å²) in [5.74, 6) is 1.41. The summed E-state index contributed by atoms with van der Waals surface area (Å²) in [6.07, 6.45) is 0. The number of methoxy groups -OCH3 is 1. The van der Waals surface area contributed by atoms with Gasteiger partial charge in [0.2, 0.25) is 0 Å². The van der Waals surface area contributed by atoms with Crippen molar-refractivity contribution in [1.82, 2.24) is 5.32 Å². The topological polar surface area (TPSA) is 50.7 Å². The molecular weight excluding hydrogens is 242 g/mol. The van der Waals surface area contributed by atoms with Crippen molar-refractivity contribution >= 4 is 0 Å². The Bertz CT molecular complexity index is 406. The lowest BCUT2D eigenvalue weighted by Gasteiger charge is -2.31. The first-order chi connectivity index (χ1) is 8.90. The highest BCUT2D eigenvalue weighted by Gasteiger charge is 2.25. The van der Waals surface area contributed by atoms with E-state index in [0.717, 1.165) is 5.56 Å². The van der Waals surface area contributed by atoms with E-state index < -0.39 is 5.54 Å². The molecule has 1 aromatic rings. The first-order valence-electron chi connectivity index (χ1n) is 6.56. The van der Waals surface area contributed by atoms with Crippen LogP contribution in [0.15, 0.2) is 18.2 Å². The third-order valence-electron chi connectivity index (χ3n) is 2.85. The van der Waals surface area contributed by atoms with Gasteiger partial charge in [-0.25, -0.2) is 0 Å². The maximum atomic E-state index is 9.51. The smallest absolute Gasteiger partial charge is 0.161 e. The standard InChI is InChI=1S/C15H25NO3/c1-11(2)16-15(4,9-17)10-19-13-7-6-12(3)8-14(13)18-5/h6-8,11,16-17H,9-10H2,1-5H3. The molecule has 0 fully saturated rings. The van der Waals surface area contributed by atoms with Crippen molar-refractivity contribution in [3.63, 3.8) is 0 Å². The first kappa shape index (κ1) is 15.8. The van der Waals surface area contributed by atoms with Gasteiger partial charge in [-0.1, -0.05) is 19.9 Å². The fourth-order valence-electron chi connectivity index (χ4n) is 1.96. The predicted molar refractivity (Wildman–Crippen MR) is 77.0 cm³/mol. The summed E-state index contributed by atoms with van der Waals surface area (Å²) in [4.78, 5) is 0. The van der Waals surface area contributed by atoms with Crippen LogP contribution in [0, 0.1) is 6.92 Å². The van der Waals surface area contributed by atoms with E-state index >= 15 is 0 Å². The molecule has 4 nitrogen and oxygen atoms in total. The average Bonchev–Trinajstić information content (AvgIpc) is 2.36. The molecule has 0 saturated heterocycles. The second kappa shape index (κ2) is 6.78. The zero-order chi connectivity index (χ0) is 14.5. The molecule has 0 bridgehead atoms. The molecule has 1 aromatic carbocycles. The Hall–Kier alpha value is -1.26. The van der Waals surface area contributed by atoms with Gasteiger partial charge in [-0.3, -0.25) is 0 Å². The monoisotopic (exact) mass is 267 g/mol. The van der Waals surface area contributed by atoms with E-state index in [2.05, 4.69) is 5.32 Å². The maximum absolute atomic E-state index is 9.51. The van der Waals surface area contributed by atoms with Crippen molar-refractivity contribution in [3.05, 3.63) is 23.8 Å². The quantitative estimate of drug-likeness (QED) is 0.794. The van der Waals surface area contributed by atoms with Crippen molar-refractivity contribution in [2.45, 2.75) is 39.3 Å². The van der Waals surface area contributed by atoms with Crippen molar-refractivity contribution in [3.8, 4) is 11.5 Å². The van der Waals surface area contributed by atoms with Crippen molar-refractivity contribution < 1.29 is 14.6 Å². The van der Waals surface area contributed by atoms with Crippen LogP contribution >= 0.6 is 0 Å². The SMILES string of the molecule is COc1cc(C)ccc1OCC(C)(CO)NC(C)C. The fraction of sp³-hybridized carbons (Fsp3) is 0.600. The highest BCUT2D eigenvalue weighted by Crippen LogP contribution is 2.28. The predicted octanol–water partition coefficient (Wildman–Crippen LogP) is 2.13. The molecule has 0 aliphatic heterocycles. The van der Waals surface area contributed by atoms with E-state index in [4.69, 9.17) is 9.47 Å². The summed E-state index contributed by atoms with van der Waals surface area (Å²) in [6, 6.07) is 6.08. The molecule has 19 heavy (non-hydrogen) atoms. The molecule has 4 heteroatoms. The van der Waals surface area contributed by atoms with Crippen molar-refractivity contribution in [1.29, 1.82) is 0 Å². The number of hydrogen-bond acceptors (Lipinski definition) is 4.